The van der Waals surface area contributed by atoms with Gasteiger partial charge in [-0.2, -0.15) is 0 Å². The van der Waals surface area contributed by atoms with Gasteiger partial charge in [0.2, 0.25) is 0 Å². The lowest BCUT2D eigenvalue weighted by Crippen LogP contribution is -2.13. The monoisotopic (exact) mass is 440 g/mol. The van der Waals surface area contributed by atoms with Crippen molar-refractivity contribution in [1.29, 1.82) is 0 Å². The van der Waals surface area contributed by atoms with E-state index in [1.54, 1.807) is 54.6 Å². The lowest BCUT2D eigenvalue weighted by Gasteiger charge is -2.12. The molecule has 0 fully saturated rings. The number of anilines is 1. The highest BCUT2D eigenvalue weighted by atomic mass is 16.5. The smallest absolute Gasteiger partial charge is 0.322 e. The molecule has 3 aromatic heterocycles. The number of amides is 1. The van der Waals surface area contributed by atoms with Crippen LogP contribution < -0.4 is 10.1 Å². The van der Waals surface area contributed by atoms with Gasteiger partial charge in [-0.1, -0.05) is 35.4 Å². The molecule has 2 aromatic carbocycles. The van der Waals surface area contributed by atoms with Gasteiger partial charge in [0.1, 0.15) is 5.75 Å². The summed E-state index contributed by atoms with van der Waals surface area (Å²) in [5.74, 6) is -0.0360. The number of furan rings is 1. The van der Waals surface area contributed by atoms with Crippen molar-refractivity contribution in [1.82, 2.24) is 15.2 Å². The number of carbonyl (C=O) groups is 2. The molecule has 0 radical (unpaired) electrons. The van der Waals surface area contributed by atoms with Crippen molar-refractivity contribution in [2.45, 2.75) is 6.92 Å². The molecular formula is C24H16N4O5. The molecule has 1 amide bonds. The summed E-state index contributed by atoms with van der Waals surface area (Å²) in [6.45, 7) is 1.32. The van der Waals surface area contributed by atoms with Gasteiger partial charge in [0.15, 0.2) is 5.76 Å². The molecule has 0 spiro atoms. The van der Waals surface area contributed by atoms with E-state index in [-0.39, 0.29) is 11.9 Å². The van der Waals surface area contributed by atoms with Crippen LogP contribution in [-0.4, -0.2) is 27.1 Å². The maximum absolute atomic E-state index is 13.2. The Morgan fingerprint density at radius 1 is 0.970 bits per heavy atom. The molecule has 9 heteroatoms. The standard InChI is InChI=1S/C24H16N4O5/c1-14(29)32-20-10-5-3-8-16(20)19-13-17(15-7-2-4-9-18(15)25-19)22(30)26-24-28-27-23(33-24)21-11-6-12-31-21/h2-13H,1H3,(H,26,28,30). The predicted octanol–water partition coefficient (Wildman–Crippen LogP) is 4.72. The van der Waals surface area contributed by atoms with E-state index in [0.717, 1.165) is 0 Å². The Bertz CT molecular complexity index is 1470. The van der Waals surface area contributed by atoms with Crippen LogP contribution in [0.15, 0.2) is 81.8 Å². The van der Waals surface area contributed by atoms with Crippen LogP contribution in [0.5, 0.6) is 5.75 Å². The Hall–Kier alpha value is -4.79. The Kier molecular flexibility index (Phi) is 5.12. The van der Waals surface area contributed by atoms with Crippen molar-refractivity contribution < 1.29 is 23.2 Å². The molecule has 5 aromatic rings. The van der Waals surface area contributed by atoms with E-state index < -0.39 is 11.9 Å². The highest BCUT2D eigenvalue weighted by molar-refractivity contribution is 6.12. The minimum absolute atomic E-state index is 0.0749. The number of esters is 1. The molecular weight excluding hydrogens is 424 g/mol. The number of hydrogen-bond donors (Lipinski definition) is 1. The first-order chi connectivity index (χ1) is 16.1. The van der Waals surface area contributed by atoms with Crippen LogP contribution in [0.3, 0.4) is 0 Å². The Balaban J connectivity index is 1.54. The van der Waals surface area contributed by atoms with E-state index in [0.29, 0.717) is 39.2 Å². The average molecular weight is 440 g/mol. The van der Waals surface area contributed by atoms with Crippen LogP contribution in [0.2, 0.25) is 0 Å². The van der Waals surface area contributed by atoms with Gasteiger partial charge in [-0.15, -0.1) is 5.10 Å². The van der Waals surface area contributed by atoms with Crippen molar-refractivity contribution in [2.75, 3.05) is 5.32 Å². The van der Waals surface area contributed by atoms with Crippen LogP contribution in [0.1, 0.15) is 17.3 Å². The van der Waals surface area contributed by atoms with E-state index >= 15 is 0 Å². The molecule has 0 aliphatic carbocycles. The van der Waals surface area contributed by atoms with Gasteiger partial charge >= 0.3 is 12.0 Å². The minimum Gasteiger partial charge on any atom is -0.459 e. The lowest BCUT2D eigenvalue weighted by atomic mass is 10.0. The van der Waals surface area contributed by atoms with E-state index in [1.807, 2.05) is 12.1 Å². The Morgan fingerprint density at radius 2 is 1.79 bits per heavy atom. The third-order valence-corrected chi connectivity index (χ3v) is 4.75. The summed E-state index contributed by atoms with van der Waals surface area (Å²) in [4.78, 5) is 29.4. The number of nitrogens with one attached hydrogen (secondary N) is 1. The lowest BCUT2D eigenvalue weighted by molar-refractivity contribution is -0.131. The molecule has 0 saturated carbocycles. The van der Waals surface area contributed by atoms with Crippen LogP contribution in [0.4, 0.5) is 6.01 Å². The second kappa shape index (κ2) is 8.39. The van der Waals surface area contributed by atoms with Crippen molar-refractivity contribution >= 4 is 28.8 Å². The zero-order valence-corrected chi connectivity index (χ0v) is 17.3. The number of ether oxygens (including phenoxy) is 1. The van der Waals surface area contributed by atoms with Gasteiger partial charge in [-0.25, -0.2) is 4.98 Å². The number of fused-ring (bicyclic) bond motifs is 1. The third-order valence-electron chi connectivity index (χ3n) is 4.75. The minimum atomic E-state index is -0.463. The summed E-state index contributed by atoms with van der Waals surface area (Å²) in [5, 5.41) is 11.0. The SMILES string of the molecule is CC(=O)Oc1ccccc1-c1cc(C(=O)Nc2nnc(-c3ccco3)o2)c2ccccc2n1. The molecule has 0 aliphatic rings. The van der Waals surface area contributed by atoms with Crippen LogP contribution >= 0.6 is 0 Å². The second-order valence-electron chi connectivity index (χ2n) is 7.01. The number of hydrogen-bond acceptors (Lipinski definition) is 8. The number of benzene rings is 2. The van der Waals surface area contributed by atoms with Gasteiger partial charge in [0.05, 0.1) is 23.0 Å². The van der Waals surface area contributed by atoms with Crippen LogP contribution in [0.25, 0.3) is 33.8 Å². The fourth-order valence-electron chi connectivity index (χ4n) is 3.36. The van der Waals surface area contributed by atoms with Crippen molar-refractivity contribution in [2.24, 2.45) is 0 Å². The van der Waals surface area contributed by atoms with E-state index in [4.69, 9.17) is 13.6 Å². The molecule has 0 atom stereocenters. The van der Waals surface area contributed by atoms with Crippen molar-refractivity contribution in [3.8, 4) is 28.7 Å². The van der Waals surface area contributed by atoms with E-state index in [2.05, 4.69) is 20.5 Å². The number of nitrogens with zero attached hydrogens (tertiary/aromatic N) is 3. The molecule has 0 saturated heterocycles. The summed E-state index contributed by atoms with van der Waals surface area (Å²) in [7, 11) is 0. The number of para-hydroxylation sites is 2. The number of carbonyl (C=O) groups excluding carboxylic acids is 2. The third kappa shape index (κ3) is 4.07. The molecule has 5 rings (SSSR count). The van der Waals surface area contributed by atoms with Gasteiger partial charge in [-0.05, 0) is 36.4 Å². The zero-order chi connectivity index (χ0) is 22.8. The second-order valence-corrected chi connectivity index (χ2v) is 7.01. The van der Waals surface area contributed by atoms with Gasteiger partial charge < -0.3 is 13.6 Å². The highest BCUT2D eigenvalue weighted by Gasteiger charge is 2.19. The van der Waals surface area contributed by atoms with Crippen molar-refractivity contribution in [3.63, 3.8) is 0 Å². The molecule has 162 valence electrons. The predicted molar refractivity (Wildman–Crippen MR) is 118 cm³/mol. The number of pyridine rings is 1. The fourth-order valence-corrected chi connectivity index (χ4v) is 3.36. The van der Waals surface area contributed by atoms with Gasteiger partial charge in [0, 0.05) is 17.9 Å². The number of rotatable bonds is 5. The summed E-state index contributed by atoms with van der Waals surface area (Å²) in [5.41, 5.74) is 1.98. The number of aromatic nitrogens is 3. The molecule has 3 heterocycles. The molecule has 1 N–H and O–H groups in total. The quantitative estimate of drug-likeness (QED) is 0.308. The Labute approximate surface area is 187 Å². The average Bonchev–Trinajstić information content (AvgIpc) is 3.50. The van der Waals surface area contributed by atoms with E-state index in [9.17, 15) is 9.59 Å². The Morgan fingerprint density at radius 3 is 2.61 bits per heavy atom. The van der Waals surface area contributed by atoms with Crippen molar-refractivity contribution in [3.05, 3.63) is 78.6 Å². The van der Waals surface area contributed by atoms with Crippen LogP contribution in [0, 0.1) is 0 Å². The van der Waals surface area contributed by atoms with Gasteiger partial charge in [0.25, 0.3) is 11.8 Å². The first-order valence-corrected chi connectivity index (χ1v) is 9.95. The largest absolute Gasteiger partial charge is 0.459 e. The van der Waals surface area contributed by atoms with Crippen LogP contribution in [-0.2, 0) is 4.79 Å². The summed E-state index contributed by atoms with van der Waals surface area (Å²) in [6.07, 6.45) is 1.48. The maximum atomic E-state index is 13.2. The summed E-state index contributed by atoms with van der Waals surface area (Å²) < 4.78 is 16.0. The fraction of sp³-hybridized carbons (Fsp3) is 0.0417. The molecule has 9 nitrogen and oxygen atoms in total. The molecule has 0 aliphatic heterocycles. The normalized spacial score (nSPS) is 10.8. The maximum Gasteiger partial charge on any atom is 0.322 e. The first-order valence-electron chi connectivity index (χ1n) is 9.95. The molecule has 33 heavy (non-hydrogen) atoms. The highest BCUT2D eigenvalue weighted by Crippen LogP contribution is 2.32. The van der Waals surface area contributed by atoms with Gasteiger partial charge in [-0.3, -0.25) is 14.9 Å². The summed E-state index contributed by atoms with van der Waals surface area (Å²) >= 11 is 0. The summed E-state index contributed by atoms with van der Waals surface area (Å²) in [6, 6.07) is 19.1. The van der Waals surface area contributed by atoms with E-state index in [1.165, 1.54) is 13.2 Å². The zero-order valence-electron chi connectivity index (χ0n) is 17.3. The first kappa shape index (κ1) is 20.1. The topological polar surface area (TPSA) is 120 Å². The molecule has 0 unspecified atom stereocenters. The molecule has 0 bridgehead atoms.